The lowest BCUT2D eigenvalue weighted by Gasteiger charge is -2.32. The van der Waals surface area contributed by atoms with Gasteiger partial charge in [0.2, 0.25) is 0 Å². The molecule has 3 heterocycles. The number of nitrogens with zero attached hydrogens (tertiary/aromatic N) is 3. The molecule has 1 fully saturated rings. The van der Waals surface area contributed by atoms with Crippen LogP contribution in [0.4, 0.5) is 0 Å². The topological polar surface area (TPSA) is 46.1 Å². The fourth-order valence-corrected chi connectivity index (χ4v) is 3.51. The Balaban J connectivity index is 1.74. The van der Waals surface area contributed by atoms with Gasteiger partial charge in [0.25, 0.3) is 5.91 Å². The number of aryl methyl sites for hydroxylation is 1. The number of piperidine rings is 1. The van der Waals surface area contributed by atoms with Gasteiger partial charge in [0.05, 0.1) is 4.88 Å². The van der Waals surface area contributed by atoms with E-state index in [9.17, 15) is 4.79 Å². The van der Waals surface area contributed by atoms with E-state index in [1.54, 1.807) is 12.5 Å². The summed E-state index contributed by atoms with van der Waals surface area (Å²) in [4.78, 5) is 23.6. The summed E-state index contributed by atoms with van der Waals surface area (Å²) in [6.45, 7) is 3.62. The van der Waals surface area contributed by atoms with Crippen LogP contribution in [0.3, 0.4) is 0 Å². The van der Waals surface area contributed by atoms with Crippen LogP contribution in [0.15, 0.2) is 30.0 Å². The van der Waals surface area contributed by atoms with E-state index in [-0.39, 0.29) is 5.91 Å². The lowest BCUT2D eigenvalue weighted by Crippen LogP contribution is -2.39. The van der Waals surface area contributed by atoms with Crippen molar-refractivity contribution < 1.29 is 4.79 Å². The average Bonchev–Trinajstić information content (AvgIpc) is 2.94. The smallest absolute Gasteiger partial charge is 0.263 e. The van der Waals surface area contributed by atoms with Gasteiger partial charge in [-0.05, 0) is 42.8 Å². The average molecular weight is 287 g/mol. The Kier molecular flexibility index (Phi) is 3.78. The van der Waals surface area contributed by atoms with Gasteiger partial charge in [0.1, 0.15) is 6.33 Å². The van der Waals surface area contributed by atoms with Crippen molar-refractivity contribution in [2.45, 2.75) is 25.7 Å². The number of carbonyl (C=O) groups is 1. The van der Waals surface area contributed by atoms with Crippen molar-refractivity contribution in [1.29, 1.82) is 0 Å². The molecule has 5 heteroatoms. The summed E-state index contributed by atoms with van der Waals surface area (Å²) in [5.74, 6) is 0.485. The molecule has 2 aromatic heterocycles. The number of amides is 1. The Labute approximate surface area is 122 Å². The first-order chi connectivity index (χ1) is 9.74. The zero-order valence-corrected chi connectivity index (χ0v) is 12.3. The normalized spacial score (nSPS) is 19.1. The highest BCUT2D eigenvalue weighted by atomic mass is 32.1. The van der Waals surface area contributed by atoms with Gasteiger partial charge in [-0.25, -0.2) is 9.97 Å². The van der Waals surface area contributed by atoms with E-state index in [1.165, 1.54) is 11.3 Å². The molecule has 0 spiro atoms. The molecule has 1 aliphatic rings. The van der Waals surface area contributed by atoms with Crippen molar-refractivity contribution in [2.24, 2.45) is 0 Å². The number of hydrogen-bond acceptors (Lipinski definition) is 4. The van der Waals surface area contributed by atoms with Gasteiger partial charge in [0, 0.05) is 30.9 Å². The molecular weight excluding hydrogens is 270 g/mol. The standard InChI is InChI=1S/C15H17N3OS/c1-11-7-14(20-9-11)15(19)18-6-2-3-12(8-18)13-4-5-16-10-17-13/h4-5,7,9-10,12H,2-3,6,8H2,1H3. The van der Waals surface area contributed by atoms with E-state index in [0.717, 1.165) is 42.1 Å². The maximum atomic E-state index is 12.5. The van der Waals surface area contributed by atoms with E-state index < -0.39 is 0 Å². The molecule has 1 atom stereocenters. The maximum absolute atomic E-state index is 12.5. The minimum Gasteiger partial charge on any atom is -0.337 e. The second kappa shape index (κ2) is 5.71. The molecule has 0 radical (unpaired) electrons. The predicted molar refractivity (Wildman–Crippen MR) is 79.0 cm³/mol. The van der Waals surface area contributed by atoms with Crippen molar-refractivity contribution in [3.05, 3.63) is 46.2 Å². The van der Waals surface area contributed by atoms with Crippen LogP contribution in [0.5, 0.6) is 0 Å². The van der Waals surface area contributed by atoms with Crippen molar-refractivity contribution in [3.63, 3.8) is 0 Å². The predicted octanol–water partition coefficient (Wildman–Crippen LogP) is 2.87. The fourth-order valence-electron chi connectivity index (χ4n) is 2.64. The minimum absolute atomic E-state index is 0.154. The van der Waals surface area contributed by atoms with E-state index in [2.05, 4.69) is 9.97 Å². The molecule has 4 nitrogen and oxygen atoms in total. The van der Waals surface area contributed by atoms with Crippen LogP contribution in [0.1, 0.15) is 39.7 Å². The molecule has 0 saturated carbocycles. The van der Waals surface area contributed by atoms with Gasteiger partial charge in [-0.3, -0.25) is 4.79 Å². The van der Waals surface area contributed by atoms with Gasteiger partial charge in [0.15, 0.2) is 0 Å². The monoisotopic (exact) mass is 287 g/mol. The molecule has 1 aliphatic heterocycles. The Morgan fingerprint density at radius 1 is 1.50 bits per heavy atom. The molecule has 0 aliphatic carbocycles. The van der Waals surface area contributed by atoms with Gasteiger partial charge in [-0.15, -0.1) is 11.3 Å². The molecule has 20 heavy (non-hydrogen) atoms. The molecule has 0 aromatic carbocycles. The second-order valence-corrected chi connectivity index (χ2v) is 6.12. The van der Waals surface area contributed by atoms with Crippen molar-refractivity contribution in [2.75, 3.05) is 13.1 Å². The largest absolute Gasteiger partial charge is 0.337 e. The van der Waals surface area contributed by atoms with Gasteiger partial charge < -0.3 is 4.90 Å². The summed E-state index contributed by atoms with van der Waals surface area (Å²) in [7, 11) is 0. The highest BCUT2D eigenvalue weighted by Crippen LogP contribution is 2.27. The van der Waals surface area contributed by atoms with Crippen LogP contribution in [0.25, 0.3) is 0 Å². The lowest BCUT2D eigenvalue weighted by molar-refractivity contribution is 0.0710. The summed E-state index contributed by atoms with van der Waals surface area (Å²) >= 11 is 1.53. The molecule has 1 unspecified atom stereocenters. The number of rotatable bonds is 2. The van der Waals surface area contributed by atoms with Crippen LogP contribution < -0.4 is 0 Å². The molecule has 1 amide bonds. The first-order valence-corrected chi connectivity index (χ1v) is 7.72. The van der Waals surface area contributed by atoms with Crippen molar-refractivity contribution in [1.82, 2.24) is 14.9 Å². The number of hydrogen-bond donors (Lipinski definition) is 0. The van der Waals surface area contributed by atoms with Crippen LogP contribution >= 0.6 is 11.3 Å². The number of thiophene rings is 1. The third kappa shape index (κ3) is 2.72. The Morgan fingerprint density at radius 3 is 3.10 bits per heavy atom. The molecule has 3 rings (SSSR count). The third-order valence-electron chi connectivity index (χ3n) is 3.67. The molecule has 0 bridgehead atoms. The van der Waals surface area contributed by atoms with Crippen LogP contribution in [0.2, 0.25) is 0 Å². The zero-order valence-electron chi connectivity index (χ0n) is 11.5. The summed E-state index contributed by atoms with van der Waals surface area (Å²) < 4.78 is 0. The fraction of sp³-hybridized carbons (Fsp3) is 0.400. The highest BCUT2D eigenvalue weighted by Gasteiger charge is 2.26. The van der Waals surface area contributed by atoms with E-state index in [1.807, 2.05) is 29.3 Å². The Bertz CT molecular complexity index is 596. The van der Waals surface area contributed by atoms with E-state index >= 15 is 0 Å². The van der Waals surface area contributed by atoms with Gasteiger partial charge in [-0.1, -0.05) is 0 Å². The Hall–Kier alpha value is -1.75. The van der Waals surface area contributed by atoms with E-state index in [4.69, 9.17) is 0 Å². The van der Waals surface area contributed by atoms with Gasteiger partial charge >= 0.3 is 0 Å². The molecule has 2 aromatic rings. The van der Waals surface area contributed by atoms with Crippen molar-refractivity contribution >= 4 is 17.2 Å². The molecule has 104 valence electrons. The first kappa shape index (κ1) is 13.2. The summed E-state index contributed by atoms with van der Waals surface area (Å²) in [6, 6.07) is 3.93. The highest BCUT2D eigenvalue weighted by molar-refractivity contribution is 7.12. The number of aromatic nitrogens is 2. The van der Waals surface area contributed by atoms with Crippen LogP contribution in [-0.4, -0.2) is 33.9 Å². The summed E-state index contributed by atoms with van der Waals surface area (Å²) in [5, 5.41) is 2.03. The SMILES string of the molecule is Cc1csc(C(=O)N2CCCC(c3ccncn3)C2)c1. The first-order valence-electron chi connectivity index (χ1n) is 6.84. The third-order valence-corrected chi connectivity index (χ3v) is 4.71. The lowest BCUT2D eigenvalue weighted by atomic mass is 9.94. The minimum atomic E-state index is 0.154. The maximum Gasteiger partial charge on any atom is 0.263 e. The number of carbonyl (C=O) groups excluding carboxylic acids is 1. The summed E-state index contributed by atoms with van der Waals surface area (Å²) in [5.41, 5.74) is 2.20. The quantitative estimate of drug-likeness (QED) is 0.853. The number of likely N-dealkylation sites (tertiary alicyclic amines) is 1. The Morgan fingerprint density at radius 2 is 2.40 bits per heavy atom. The van der Waals surface area contributed by atoms with Gasteiger partial charge in [-0.2, -0.15) is 0 Å². The zero-order chi connectivity index (χ0) is 13.9. The molecule has 1 saturated heterocycles. The molecule has 0 N–H and O–H groups in total. The van der Waals surface area contributed by atoms with E-state index in [0.29, 0.717) is 5.92 Å². The van der Waals surface area contributed by atoms with Crippen molar-refractivity contribution in [3.8, 4) is 0 Å². The second-order valence-electron chi connectivity index (χ2n) is 5.21. The molecular formula is C15H17N3OS. The van der Waals surface area contributed by atoms with Crippen LogP contribution in [0, 0.1) is 6.92 Å². The van der Waals surface area contributed by atoms with Crippen LogP contribution in [-0.2, 0) is 0 Å². The summed E-state index contributed by atoms with van der Waals surface area (Å²) in [6.07, 6.45) is 5.47.